The molecule has 6 heteroatoms. The Kier molecular flexibility index (Phi) is 5.20. The van der Waals surface area contributed by atoms with Gasteiger partial charge in [0, 0.05) is 46.0 Å². The van der Waals surface area contributed by atoms with Crippen LogP contribution in [0.5, 0.6) is 0 Å². The van der Waals surface area contributed by atoms with Crippen molar-refractivity contribution in [2.45, 2.75) is 48.5 Å². The molecule has 0 nitrogen and oxygen atoms in total. The number of benzene rings is 3. The summed E-state index contributed by atoms with van der Waals surface area (Å²) in [6, 6.07) is 25.1. The van der Waals surface area contributed by atoms with E-state index in [1.807, 2.05) is 22.7 Å². The number of thioether (sulfide) groups is 4. The molecule has 0 amide bonds. The summed E-state index contributed by atoms with van der Waals surface area (Å²) in [7, 11) is 0. The van der Waals surface area contributed by atoms with Gasteiger partial charge >= 0.3 is 0 Å². The second-order valence-electron chi connectivity index (χ2n) is 9.89. The highest BCUT2D eigenvalue weighted by molar-refractivity contribution is 8.26. The molecule has 3 aliphatic rings. The van der Waals surface area contributed by atoms with Gasteiger partial charge in [-0.15, -0.1) is 22.7 Å². The first-order valence-corrected chi connectivity index (χ1v) is 17.3. The van der Waals surface area contributed by atoms with E-state index in [9.17, 15) is 0 Å². The topological polar surface area (TPSA) is 0 Å². The van der Waals surface area contributed by atoms with Gasteiger partial charge in [0.15, 0.2) is 0 Å². The zero-order valence-electron chi connectivity index (χ0n) is 20.5. The highest BCUT2D eigenvalue weighted by atomic mass is 32.2. The molecule has 2 aromatic heterocycles. The SMILES string of the molecule is Cc1cc(C)cc(-c2csc3c2-c2c(C)csc2C2(Sc4ccccc4S2)C32Sc3ccccc3S2)c1. The lowest BCUT2D eigenvalue weighted by atomic mass is 9.87. The Hall–Kier alpha value is -1.54. The molecular weight excluding hydrogens is 565 g/mol. The number of thiophene rings is 2. The summed E-state index contributed by atoms with van der Waals surface area (Å²) in [4.78, 5) is 8.70. The molecule has 2 aliphatic heterocycles. The summed E-state index contributed by atoms with van der Waals surface area (Å²) < 4.78 is -0.274. The smallest absolute Gasteiger partial charge is 0.134 e. The molecule has 0 bridgehead atoms. The molecule has 0 fully saturated rings. The lowest BCUT2D eigenvalue weighted by Crippen LogP contribution is -2.39. The maximum Gasteiger partial charge on any atom is 0.134 e. The van der Waals surface area contributed by atoms with E-state index in [-0.39, 0.29) is 8.16 Å². The Bertz CT molecular complexity index is 1670. The summed E-state index contributed by atoms with van der Waals surface area (Å²) in [5, 5.41) is 4.85. The van der Waals surface area contributed by atoms with Gasteiger partial charge in [-0.25, -0.2) is 0 Å². The van der Waals surface area contributed by atoms with Gasteiger partial charge in [-0.1, -0.05) is 101 Å². The fourth-order valence-electron chi connectivity index (χ4n) is 5.84. The first-order valence-electron chi connectivity index (χ1n) is 12.2. The first-order chi connectivity index (χ1) is 18.0. The fourth-order valence-corrected chi connectivity index (χ4v) is 16.5. The van der Waals surface area contributed by atoms with Crippen molar-refractivity contribution in [2.24, 2.45) is 0 Å². The van der Waals surface area contributed by atoms with Crippen LogP contribution in [0.3, 0.4) is 0 Å². The minimum absolute atomic E-state index is 0.128. The van der Waals surface area contributed by atoms with E-state index in [0.29, 0.717) is 0 Å². The Morgan fingerprint density at radius 2 is 1.00 bits per heavy atom. The van der Waals surface area contributed by atoms with Crippen LogP contribution in [0.15, 0.2) is 97.1 Å². The third-order valence-corrected chi connectivity index (χ3v) is 17.4. The van der Waals surface area contributed by atoms with Crippen molar-refractivity contribution in [3.8, 4) is 22.3 Å². The van der Waals surface area contributed by atoms with Crippen molar-refractivity contribution < 1.29 is 0 Å². The fraction of sp³-hybridized carbons (Fsp3) is 0.161. The van der Waals surface area contributed by atoms with Crippen LogP contribution in [0, 0.1) is 20.8 Å². The molecule has 4 heterocycles. The highest BCUT2D eigenvalue weighted by Gasteiger charge is 2.66. The molecule has 2 spiro atoms. The molecule has 5 aromatic rings. The predicted octanol–water partition coefficient (Wildman–Crippen LogP) is 11.2. The molecule has 0 atom stereocenters. The number of fused-ring (bicyclic) bond motifs is 8. The third kappa shape index (κ3) is 3.14. The lowest BCUT2D eigenvalue weighted by molar-refractivity contribution is 0.812. The number of aryl methyl sites for hydroxylation is 3. The maximum absolute atomic E-state index is 2.45. The molecule has 0 radical (unpaired) electrons. The molecule has 0 saturated heterocycles. The molecule has 0 unspecified atom stereocenters. The molecule has 0 saturated carbocycles. The molecule has 8 rings (SSSR count). The van der Waals surface area contributed by atoms with Crippen LogP contribution in [0.1, 0.15) is 26.4 Å². The molecule has 37 heavy (non-hydrogen) atoms. The van der Waals surface area contributed by atoms with E-state index >= 15 is 0 Å². The van der Waals surface area contributed by atoms with E-state index in [0.717, 1.165) is 0 Å². The van der Waals surface area contributed by atoms with Crippen molar-refractivity contribution >= 4 is 69.7 Å². The van der Waals surface area contributed by atoms with Gasteiger partial charge in [0.2, 0.25) is 0 Å². The Morgan fingerprint density at radius 1 is 0.541 bits per heavy atom. The van der Waals surface area contributed by atoms with Gasteiger partial charge in [-0.2, -0.15) is 0 Å². The van der Waals surface area contributed by atoms with Crippen LogP contribution in [0.25, 0.3) is 22.3 Å². The number of hydrogen-bond acceptors (Lipinski definition) is 6. The van der Waals surface area contributed by atoms with Crippen molar-refractivity contribution in [1.29, 1.82) is 0 Å². The van der Waals surface area contributed by atoms with Crippen LogP contribution >= 0.6 is 69.7 Å². The maximum atomic E-state index is 2.45. The molecule has 3 aromatic carbocycles. The Balaban J connectivity index is 1.45. The van der Waals surface area contributed by atoms with Crippen molar-refractivity contribution in [2.75, 3.05) is 0 Å². The van der Waals surface area contributed by atoms with Gasteiger partial charge < -0.3 is 0 Å². The third-order valence-electron chi connectivity index (χ3n) is 7.29. The zero-order valence-corrected chi connectivity index (χ0v) is 25.4. The zero-order chi connectivity index (χ0) is 24.9. The van der Waals surface area contributed by atoms with Crippen molar-refractivity contribution in [1.82, 2.24) is 0 Å². The summed E-state index contributed by atoms with van der Waals surface area (Å²) >= 11 is 12.3. The molecule has 1 aliphatic carbocycles. The van der Waals surface area contributed by atoms with Crippen LogP contribution in [0.2, 0.25) is 0 Å². The van der Waals surface area contributed by atoms with E-state index in [4.69, 9.17) is 0 Å². The van der Waals surface area contributed by atoms with Crippen molar-refractivity contribution in [3.63, 3.8) is 0 Å². The molecule has 0 N–H and O–H groups in total. The molecule has 182 valence electrons. The largest absolute Gasteiger partial charge is 0.145 e. The van der Waals surface area contributed by atoms with Gasteiger partial charge in [0.05, 0.1) is 0 Å². The van der Waals surface area contributed by atoms with Crippen LogP contribution in [0.4, 0.5) is 0 Å². The summed E-state index contributed by atoms with van der Waals surface area (Å²) in [5.41, 5.74) is 9.75. The van der Waals surface area contributed by atoms with Gasteiger partial charge in [0.25, 0.3) is 0 Å². The second kappa shape index (κ2) is 8.23. The van der Waals surface area contributed by atoms with Gasteiger partial charge in [-0.3, -0.25) is 0 Å². The second-order valence-corrected chi connectivity index (χ2v) is 17.2. The first kappa shape index (κ1) is 23.4. The molecular formula is C31H22S6. The summed E-state index contributed by atoms with van der Waals surface area (Å²) in [6.45, 7) is 6.75. The monoisotopic (exact) mass is 586 g/mol. The Labute approximate surface area is 242 Å². The standard InChI is InChI=1S/C31H22S6/c1-17-12-18(2)14-20(13-17)21-16-33-29-27(21)26-19(3)15-32-28(26)30(34-22-8-4-5-9-23(22)35-30)31(29)36-24-10-6-7-11-25(24)37-31/h4-16H,1-3H3. The average Bonchev–Trinajstić information content (AvgIpc) is 3.64. The summed E-state index contributed by atoms with van der Waals surface area (Å²) in [6.07, 6.45) is 0. The average molecular weight is 587 g/mol. The van der Waals surface area contributed by atoms with Crippen LogP contribution in [-0.2, 0) is 8.16 Å². The van der Waals surface area contributed by atoms with Crippen molar-refractivity contribution in [3.05, 3.63) is 104 Å². The van der Waals surface area contributed by atoms with Crippen LogP contribution in [-0.4, -0.2) is 0 Å². The van der Waals surface area contributed by atoms with Gasteiger partial charge in [-0.05, 0) is 66.9 Å². The summed E-state index contributed by atoms with van der Waals surface area (Å²) in [5.74, 6) is 0. The Morgan fingerprint density at radius 3 is 1.51 bits per heavy atom. The number of hydrogen-bond donors (Lipinski definition) is 0. The normalized spacial score (nSPS) is 17.6. The highest BCUT2D eigenvalue weighted by Crippen LogP contribution is 2.83. The van der Waals surface area contributed by atoms with Gasteiger partial charge in [0.1, 0.15) is 8.16 Å². The predicted molar refractivity (Wildman–Crippen MR) is 167 cm³/mol. The number of rotatable bonds is 1. The minimum atomic E-state index is -0.146. The van der Waals surface area contributed by atoms with E-state index < -0.39 is 0 Å². The van der Waals surface area contributed by atoms with E-state index in [1.165, 1.54) is 68.3 Å². The van der Waals surface area contributed by atoms with E-state index in [1.54, 1.807) is 0 Å². The van der Waals surface area contributed by atoms with Crippen LogP contribution < -0.4 is 0 Å². The van der Waals surface area contributed by atoms with E-state index in [2.05, 4.69) is 145 Å². The quantitative estimate of drug-likeness (QED) is 0.191. The lowest BCUT2D eigenvalue weighted by Gasteiger charge is -2.46. The minimum Gasteiger partial charge on any atom is -0.145 e.